The number of nitrogens with zero attached hydrogens (tertiary/aromatic N) is 5. The molecule has 4 aromatic rings. The van der Waals surface area contributed by atoms with Gasteiger partial charge >= 0.3 is 0 Å². The standard InChI is InChI=1S/C29H35FN6O2/c1-18(2)27(28-32-33-34-36(28)15-21-8-11-24(30)12-9-21)35(17-25-6-5-13-38-25)16-23-14-22-10-7-19(3)20(4)26(22)31-29(23)37/h7-12,14,18,25,27H,5-6,13,15-17H2,1-4H3,(H,31,37)/t25-,27-/m0/s1. The van der Waals surface area contributed by atoms with Crippen molar-refractivity contribution in [3.8, 4) is 0 Å². The fraction of sp³-hybridized carbons (Fsp3) is 0.448. The summed E-state index contributed by atoms with van der Waals surface area (Å²) in [6, 6.07) is 12.4. The lowest BCUT2D eigenvalue weighted by atomic mass is 9.99. The van der Waals surface area contributed by atoms with E-state index in [4.69, 9.17) is 4.74 Å². The van der Waals surface area contributed by atoms with Crippen LogP contribution in [0.25, 0.3) is 10.9 Å². The van der Waals surface area contributed by atoms with Gasteiger partial charge in [-0.2, -0.15) is 0 Å². The second-order valence-corrected chi connectivity index (χ2v) is 10.7. The van der Waals surface area contributed by atoms with Crippen LogP contribution < -0.4 is 5.56 Å². The minimum Gasteiger partial charge on any atom is -0.377 e. The number of fused-ring (bicyclic) bond motifs is 1. The fourth-order valence-electron chi connectivity index (χ4n) is 5.41. The molecule has 0 spiro atoms. The second kappa shape index (κ2) is 11.1. The molecule has 2 aromatic carbocycles. The summed E-state index contributed by atoms with van der Waals surface area (Å²) in [5.74, 6) is 0.587. The summed E-state index contributed by atoms with van der Waals surface area (Å²) in [6.07, 6.45) is 2.10. The largest absolute Gasteiger partial charge is 0.377 e. The Kier molecular flexibility index (Phi) is 7.67. The Morgan fingerprint density at radius 2 is 1.97 bits per heavy atom. The van der Waals surface area contributed by atoms with Crippen LogP contribution in [-0.2, 0) is 17.8 Å². The van der Waals surface area contributed by atoms with Gasteiger partial charge in [-0.15, -0.1) is 5.10 Å². The predicted octanol–water partition coefficient (Wildman–Crippen LogP) is 4.70. The molecular weight excluding hydrogens is 483 g/mol. The number of aromatic amines is 1. The van der Waals surface area contributed by atoms with Gasteiger partial charge < -0.3 is 9.72 Å². The zero-order chi connectivity index (χ0) is 26.8. The maximum atomic E-state index is 13.5. The minimum absolute atomic E-state index is 0.0853. The molecule has 0 aliphatic carbocycles. The van der Waals surface area contributed by atoms with Gasteiger partial charge in [-0.3, -0.25) is 9.69 Å². The number of rotatable bonds is 9. The number of pyridine rings is 1. The van der Waals surface area contributed by atoms with Gasteiger partial charge in [0.15, 0.2) is 5.82 Å². The van der Waals surface area contributed by atoms with Crippen LogP contribution in [0.5, 0.6) is 0 Å². The van der Waals surface area contributed by atoms with Gasteiger partial charge in [-0.05, 0) is 83.3 Å². The van der Waals surface area contributed by atoms with Crippen LogP contribution in [0.3, 0.4) is 0 Å². The Hall–Kier alpha value is -3.43. The van der Waals surface area contributed by atoms with Crippen molar-refractivity contribution in [3.05, 3.63) is 86.7 Å². The molecule has 0 unspecified atom stereocenters. The van der Waals surface area contributed by atoms with Crippen LogP contribution in [0.15, 0.2) is 47.3 Å². The van der Waals surface area contributed by atoms with Crippen molar-refractivity contribution >= 4 is 10.9 Å². The molecular formula is C29H35FN6O2. The van der Waals surface area contributed by atoms with Crippen molar-refractivity contribution < 1.29 is 9.13 Å². The molecule has 1 saturated heterocycles. The first kappa shape index (κ1) is 26.2. The van der Waals surface area contributed by atoms with Gasteiger partial charge in [-0.1, -0.05) is 38.1 Å². The highest BCUT2D eigenvalue weighted by atomic mass is 19.1. The van der Waals surface area contributed by atoms with Crippen LogP contribution in [0.1, 0.15) is 60.8 Å². The van der Waals surface area contributed by atoms with Crippen molar-refractivity contribution in [1.29, 1.82) is 0 Å². The zero-order valence-corrected chi connectivity index (χ0v) is 22.4. The number of halogens is 1. The van der Waals surface area contributed by atoms with E-state index in [9.17, 15) is 9.18 Å². The molecule has 0 saturated carbocycles. The van der Waals surface area contributed by atoms with Crippen molar-refractivity contribution in [3.63, 3.8) is 0 Å². The Morgan fingerprint density at radius 1 is 1.18 bits per heavy atom. The average Bonchev–Trinajstić information content (AvgIpc) is 3.56. The van der Waals surface area contributed by atoms with Gasteiger partial charge in [-0.25, -0.2) is 9.07 Å². The summed E-state index contributed by atoms with van der Waals surface area (Å²) in [7, 11) is 0. The lowest BCUT2D eigenvalue weighted by Gasteiger charge is -2.35. The van der Waals surface area contributed by atoms with Gasteiger partial charge in [0.2, 0.25) is 0 Å². The number of aromatic nitrogens is 5. The number of hydrogen-bond acceptors (Lipinski definition) is 6. The normalized spacial score (nSPS) is 16.7. The summed E-state index contributed by atoms with van der Waals surface area (Å²) in [5.41, 5.74) is 4.63. The summed E-state index contributed by atoms with van der Waals surface area (Å²) >= 11 is 0. The molecule has 1 N–H and O–H groups in total. The predicted molar refractivity (Wildman–Crippen MR) is 144 cm³/mol. The highest BCUT2D eigenvalue weighted by Crippen LogP contribution is 2.31. The van der Waals surface area contributed by atoms with E-state index in [1.54, 1.807) is 16.8 Å². The van der Waals surface area contributed by atoms with E-state index in [2.05, 4.69) is 51.4 Å². The number of tetrazole rings is 1. The van der Waals surface area contributed by atoms with E-state index in [-0.39, 0.29) is 29.4 Å². The second-order valence-electron chi connectivity index (χ2n) is 10.7. The number of H-pyrrole nitrogens is 1. The highest BCUT2D eigenvalue weighted by molar-refractivity contribution is 5.83. The monoisotopic (exact) mass is 518 g/mol. The van der Waals surface area contributed by atoms with E-state index in [1.165, 1.54) is 12.1 Å². The molecule has 3 heterocycles. The molecule has 0 radical (unpaired) electrons. The minimum atomic E-state index is -0.278. The van der Waals surface area contributed by atoms with Crippen molar-refractivity contribution in [2.75, 3.05) is 13.2 Å². The molecule has 5 rings (SSSR count). The molecule has 1 aliphatic rings. The van der Waals surface area contributed by atoms with Crippen molar-refractivity contribution in [2.45, 2.75) is 65.8 Å². The van der Waals surface area contributed by atoms with Crippen molar-refractivity contribution in [2.24, 2.45) is 5.92 Å². The summed E-state index contributed by atoms with van der Waals surface area (Å²) in [5, 5.41) is 13.7. The Labute approximate surface area is 221 Å². The zero-order valence-electron chi connectivity index (χ0n) is 22.4. The van der Waals surface area contributed by atoms with E-state index in [0.717, 1.165) is 47.0 Å². The number of aryl methyl sites for hydroxylation is 2. The van der Waals surface area contributed by atoms with Crippen molar-refractivity contribution in [1.82, 2.24) is 30.1 Å². The Balaban J connectivity index is 1.51. The van der Waals surface area contributed by atoms with E-state index in [0.29, 0.717) is 31.0 Å². The van der Waals surface area contributed by atoms with E-state index in [1.807, 2.05) is 19.9 Å². The van der Waals surface area contributed by atoms with Gasteiger partial charge in [0.1, 0.15) is 5.82 Å². The maximum Gasteiger partial charge on any atom is 0.252 e. The van der Waals surface area contributed by atoms with Crippen LogP contribution in [0.2, 0.25) is 0 Å². The van der Waals surface area contributed by atoms with Crippen LogP contribution in [0.4, 0.5) is 4.39 Å². The molecule has 1 fully saturated rings. The number of benzene rings is 2. The molecule has 9 heteroatoms. The third kappa shape index (κ3) is 5.54. The molecule has 2 atom stereocenters. The molecule has 8 nitrogen and oxygen atoms in total. The molecule has 2 aromatic heterocycles. The quantitative estimate of drug-likeness (QED) is 0.346. The van der Waals surface area contributed by atoms with Crippen LogP contribution >= 0.6 is 0 Å². The van der Waals surface area contributed by atoms with E-state index < -0.39 is 0 Å². The Bertz CT molecular complexity index is 1460. The maximum absolute atomic E-state index is 13.5. The summed E-state index contributed by atoms with van der Waals surface area (Å²) < 4.78 is 21.3. The topological polar surface area (TPSA) is 88.9 Å². The van der Waals surface area contributed by atoms with Gasteiger partial charge in [0, 0.05) is 25.3 Å². The molecule has 1 aliphatic heterocycles. The lowest BCUT2D eigenvalue weighted by molar-refractivity contribution is 0.0385. The smallest absolute Gasteiger partial charge is 0.252 e. The molecule has 0 bridgehead atoms. The molecule has 38 heavy (non-hydrogen) atoms. The van der Waals surface area contributed by atoms with Crippen LogP contribution in [0, 0.1) is 25.6 Å². The summed E-state index contributed by atoms with van der Waals surface area (Å²) in [6.45, 7) is 10.6. The summed E-state index contributed by atoms with van der Waals surface area (Å²) in [4.78, 5) is 18.7. The highest BCUT2D eigenvalue weighted by Gasteiger charge is 2.32. The van der Waals surface area contributed by atoms with E-state index >= 15 is 0 Å². The van der Waals surface area contributed by atoms with Crippen LogP contribution in [-0.4, -0.2) is 49.3 Å². The third-order valence-electron chi connectivity index (χ3n) is 7.56. The molecule has 200 valence electrons. The first-order valence-corrected chi connectivity index (χ1v) is 13.3. The molecule has 0 amide bonds. The Morgan fingerprint density at radius 3 is 2.68 bits per heavy atom. The SMILES string of the molecule is Cc1ccc2cc(CN(C[C@@H]3CCCO3)[C@H](c3nnnn3Cc3ccc(F)cc3)C(C)C)c(=O)[nH]c2c1C. The fourth-order valence-corrected chi connectivity index (χ4v) is 5.41. The van der Waals surface area contributed by atoms with Gasteiger partial charge in [0.25, 0.3) is 5.56 Å². The lowest BCUT2D eigenvalue weighted by Crippen LogP contribution is -2.40. The third-order valence-corrected chi connectivity index (χ3v) is 7.56. The number of hydrogen-bond donors (Lipinski definition) is 1. The average molecular weight is 519 g/mol. The first-order chi connectivity index (χ1) is 18.3. The van der Waals surface area contributed by atoms with Gasteiger partial charge in [0.05, 0.1) is 24.2 Å². The number of nitrogens with one attached hydrogen (secondary N) is 1. The number of ether oxygens (including phenoxy) is 1. The first-order valence-electron chi connectivity index (χ1n) is 13.3.